The first kappa shape index (κ1) is 20.8. The molecule has 1 radical (unpaired) electrons. The minimum atomic E-state index is -0.0733. The molecule has 1 aliphatic carbocycles. The van der Waals surface area contributed by atoms with Gasteiger partial charge in [-0.15, -0.1) is 29.3 Å². The van der Waals surface area contributed by atoms with Crippen molar-refractivity contribution in [3.63, 3.8) is 0 Å². The first-order chi connectivity index (χ1) is 15.1. The summed E-state index contributed by atoms with van der Waals surface area (Å²) in [6, 6.07) is 37.9. The second-order valence-electron chi connectivity index (χ2n) is 8.81. The monoisotopic (exact) mass is 589 g/mol. The molecule has 0 aliphatic heterocycles. The van der Waals surface area contributed by atoms with Crippen LogP contribution in [0.2, 0.25) is 0 Å². The van der Waals surface area contributed by atoms with Gasteiger partial charge in [-0.05, 0) is 39.3 Å². The van der Waals surface area contributed by atoms with Gasteiger partial charge in [-0.3, -0.25) is 4.98 Å². The number of hydrogen-bond donors (Lipinski definition) is 0. The van der Waals surface area contributed by atoms with E-state index in [0.717, 1.165) is 22.2 Å². The average Bonchev–Trinajstić information content (AvgIpc) is 3.05. The number of aromatic nitrogens is 1. The summed E-state index contributed by atoms with van der Waals surface area (Å²) in [5.41, 5.74) is 10.8. The van der Waals surface area contributed by atoms with E-state index in [1.165, 1.54) is 33.4 Å². The van der Waals surface area contributed by atoms with E-state index >= 15 is 0 Å². The fourth-order valence-corrected chi connectivity index (χ4v) is 4.85. The van der Waals surface area contributed by atoms with E-state index in [-0.39, 0.29) is 25.5 Å². The summed E-state index contributed by atoms with van der Waals surface area (Å²) in [5, 5.41) is 1.16. The number of fused-ring (bicyclic) bond motifs is 4. The summed E-state index contributed by atoms with van der Waals surface area (Å²) in [7, 11) is 0. The van der Waals surface area contributed by atoms with Crippen LogP contribution in [0, 0.1) is 6.07 Å². The van der Waals surface area contributed by atoms with Crippen LogP contribution in [0.15, 0.2) is 97.1 Å². The summed E-state index contributed by atoms with van der Waals surface area (Å²) in [6.45, 7) is 4.65. The maximum absolute atomic E-state index is 4.89. The van der Waals surface area contributed by atoms with Gasteiger partial charge < -0.3 is 0 Å². The summed E-state index contributed by atoms with van der Waals surface area (Å²) < 4.78 is 0. The normalized spacial score (nSPS) is 13.3. The number of para-hydroxylation sites is 1. The van der Waals surface area contributed by atoms with Crippen LogP contribution in [0.25, 0.3) is 44.4 Å². The zero-order valence-corrected chi connectivity index (χ0v) is 20.4. The molecule has 0 N–H and O–H groups in total. The van der Waals surface area contributed by atoms with Crippen LogP contribution in [-0.2, 0) is 25.5 Å². The fourth-order valence-electron chi connectivity index (χ4n) is 4.85. The van der Waals surface area contributed by atoms with Crippen molar-refractivity contribution >= 4 is 10.9 Å². The van der Waals surface area contributed by atoms with Gasteiger partial charge in [0, 0.05) is 20.1 Å². The molecule has 0 saturated heterocycles. The molecule has 0 unspecified atom stereocenters. The van der Waals surface area contributed by atoms with Gasteiger partial charge in [-0.1, -0.05) is 104 Å². The molecule has 1 nitrogen and oxygen atoms in total. The molecule has 4 aromatic carbocycles. The number of nitrogens with zero attached hydrogens (tertiary/aromatic N) is 1. The Hall–Kier alpha value is -3.06. The van der Waals surface area contributed by atoms with Crippen molar-refractivity contribution in [2.75, 3.05) is 0 Å². The molecule has 32 heavy (non-hydrogen) atoms. The molecule has 1 aromatic heterocycles. The Morgan fingerprint density at radius 3 is 2.28 bits per heavy atom. The minimum Gasteiger partial charge on any atom is -0.296 e. The van der Waals surface area contributed by atoms with E-state index in [2.05, 4.69) is 111 Å². The van der Waals surface area contributed by atoms with E-state index in [1.807, 2.05) is 6.07 Å². The maximum atomic E-state index is 4.89. The SMILES string of the molecule is CC1(C)c2cc(-c3ccc4ccccc4n3)[c-]cc2-c2ccc(-c3ccccc3)cc21.[Ir]. The minimum absolute atomic E-state index is 0. The van der Waals surface area contributed by atoms with E-state index in [4.69, 9.17) is 4.98 Å². The Labute approximate surface area is 202 Å². The van der Waals surface area contributed by atoms with Crippen molar-refractivity contribution in [1.29, 1.82) is 0 Å². The van der Waals surface area contributed by atoms with Crippen LogP contribution in [0.1, 0.15) is 25.0 Å². The standard InChI is InChI=1S/C30H22N.Ir/c1-30(2)26-18-22(20-8-4-3-5-9-20)12-15-24(26)25-16-13-23(19-27(25)30)29-17-14-21-10-6-7-11-28(21)31-29;/h3-12,14-19H,1-2H3;/q-1;. The molecular formula is C30H22IrN-. The molecule has 0 amide bonds. The van der Waals surface area contributed by atoms with Crippen molar-refractivity contribution in [2.24, 2.45) is 0 Å². The first-order valence-corrected chi connectivity index (χ1v) is 10.7. The number of hydrogen-bond acceptors (Lipinski definition) is 1. The van der Waals surface area contributed by atoms with Crippen LogP contribution in [-0.4, -0.2) is 4.98 Å². The zero-order chi connectivity index (χ0) is 21.0. The summed E-state index contributed by atoms with van der Waals surface area (Å²) in [4.78, 5) is 4.89. The van der Waals surface area contributed by atoms with Gasteiger partial charge in [0.15, 0.2) is 0 Å². The Morgan fingerprint density at radius 2 is 1.44 bits per heavy atom. The summed E-state index contributed by atoms with van der Waals surface area (Å²) in [6.07, 6.45) is 0. The Kier molecular flexibility index (Phi) is 5.08. The van der Waals surface area contributed by atoms with Gasteiger partial charge in [0.05, 0.1) is 5.52 Å². The van der Waals surface area contributed by atoms with Crippen molar-refractivity contribution in [3.05, 3.63) is 114 Å². The van der Waals surface area contributed by atoms with Crippen LogP contribution in [0.4, 0.5) is 0 Å². The molecule has 0 atom stereocenters. The molecule has 1 aliphatic rings. The molecule has 0 saturated carbocycles. The smallest absolute Gasteiger partial charge is 0.0595 e. The second-order valence-corrected chi connectivity index (χ2v) is 8.81. The Morgan fingerprint density at radius 1 is 0.688 bits per heavy atom. The fraction of sp³-hybridized carbons (Fsp3) is 0.100. The van der Waals surface area contributed by atoms with Gasteiger partial charge in [-0.2, -0.15) is 0 Å². The predicted molar refractivity (Wildman–Crippen MR) is 129 cm³/mol. The molecule has 6 rings (SSSR count). The third-order valence-corrected chi connectivity index (χ3v) is 6.59. The van der Waals surface area contributed by atoms with Gasteiger partial charge in [0.1, 0.15) is 0 Å². The van der Waals surface area contributed by atoms with Crippen molar-refractivity contribution in [2.45, 2.75) is 19.3 Å². The third kappa shape index (κ3) is 3.23. The molecule has 0 bridgehead atoms. The molecule has 5 aromatic rings. The molecule has 157 valence electrons. The van der Waals surface area contributed by atoms with Gasteiger partial charge in [0.25, 0.3) is 0 Å². The Balaban J connectivity index is 0.00000216. The van der Waals surface area contributed by atoms with E-state index in [1.54, 1.807) is 0 Å². The number of rotatable bonds is 2. The molecule has 2 heteroatoms. The van der Waals surface area contributed by atoms with Crippen molar-refractivity contribution in [1.82, 2.24) is 4.98 Å². The number of benzene rings is 4. The van der Waals surface area contributed by atoms with Gasteiger partial charge >= 0.3 is 0 Å². The Bertz CT molecular complexity index is 1450. The third-order valence-electron chi connectivity index (χ3n) is 6.59. The van der Waals surface area contributed by atoms with Crippen LogP contribution >= 0.6 is 0 Å². The average molecular weight is 589 g/mol. The van der Waals surface area contributed by atoms with E-state index < -0.39 is 0 Å². The number of pyridine rings is 1. The van der Waals surface area contributed by atoms with Gasteiger partial charge in [-0.25, -0.2) is 0 Å². The van der Waals surface area contributed by atoms with Crippen LogP contribution in [0.3, 0.4) is 0 Å². The van der Waals surface area contributed by atoms with Crippen LogP contribution in [0.5, 0.6) is 0 Å². The van der Waals surface area contributed by atoms with Crippen molar-refractivity contribution < 1.29 is 20.1 Å². The largest absolute Gasteiger partial charge is 0.296 e. The van der Waals surface area contributed by atoms with Gasteiger partial charge in [0.2, 0.25) is 0 Å². The predicted octanol–water partition coefficient (Wildman–Crippen LogP) is 7.67. The molecule has 1 heterocycles. The van der Waals surface area contributed by atoms with E-state index in [9.17, 15) is 0 Å². The van der Waals surface area contributed by atoms with Crippen LogP contribution < -0.4 is 0 Å². The summed E-state index contributed by atoms with van der Waals surface area (Å²) in [5.74, 6) is 0. The summed E-state index contributed by atoms with van der Waals surface area (Å²) >= 11 is 0. The molecular weight excluding hydrogens is 567 g/mol. The topological polar surface area (TPSA) is 12.9 Å². The molecule has 0 fully saturated rings. The first-order valence-electron chi connectivity index (χ1n) is 10.7. The molecule has 0 spiro atoms. The zero-order valence-electron chi connectivity index (χ0n) is 18.0. The van der Waals surface area contributed by atoms with Crippen molar-refractivity contribution in [3.8, 4) is 33.5 Å². The quantitative estimate of drug-likeness (QED) is 0.193. The maximum Gasteiger partial charge on any atom is 0.0595 e. The second kappa shape index (κ2) is 7.81. The van der Waals surface area contributed by atoms with E-state index in [0.29, 0.717) is 0 Å².